The molecule has 0 spiro atoms. The van der Waals surface area contributed by atoms with Gasteiger partial charge in [0.2, 0.25) is 0 Å². The molecule has 4 nitrogen and oxygen atoms in total. The first-order valence-corrected chi connectivity index (χ1v) is 5.60. The molecule has 0 aliphatic rings. The van der Waals surface area contributed by atoms with Crippen LogP contribution in [0.15, 0.2) is 34.9 Å². The van der Waals surface area contributed by atoms with Crippen LogP contribution in [0.2, 0.25) is 0 Å². The number of hydrogen-bond donors (Lipinski definition) is 1. The maximum Gasteiger partial charge on any atom is 0.200 e. The summed E-state index contributed by atoms with van der Waals surface area (Å²) in [7, 11) is 1.86. The predicted octanol–water partition coefficient (Wildman–Crippen LogP) is 2.34. The quantitative estimate of drug-likeness (QED) is 0.940. The standard InChI is InChI=1S/C11H12BrN3O/c1-15-9(6-14-11(15)13)7-16-10-4-2-3-8(12)5-10/h2-6H,7H2,1H3,(H2,13,14). The van der Waals surface area contributed by atoms with Crippen LogP contribution >= 0.6 is 15.9 Å². The van der Waals surface area contributed by atoms with E-state index in [9.17, 15) is 0 Å². The molecule has 0 bridgehead atoms. The van der Waals surface area contributed by atoms with Crippen molar-refractivity contribution in [2.24, 2.45) is 7.05 Å². The minimum Gasteiger partial charge on any atom is -0.487 e. The first-order chi connectivity index (χ1) is 7.66. The molecule has 2 rings (SSSR count). The molecule has 1 heterocycles. The van der Waals surface area contributed by atoms with E-state index in [1.807, 2.05) is 31.3 Å². The van der Waals surface area contributed by atoms with Crippen LogP contribution in [0.3, 0.4) is 0 Å². The lowest BCUT2D eigenvalue weighted by atomic mass is 10.3. The molecule has 0 radical (unpaired) electrons. The SMILES string of the molecule is Cn1c(COc2cccc(Br)c2)cnc1N. The van der Waals surface area contributed by atoms with Crippen molar-refractivity contribution in [1.82, 2.24) is 9.55 Å². The highest BCUT2D eigenvalue weighted by Crippen LogP contribution is 2.19. The van der Waals surface area contributed by atoms with E-state index < -0.39 is 0 Å². The summed E-state index contributed by atoms with van der Waals surface area (Å²) in [5.41, 5.74) is 6.56. The van der Waals surface area contributed by atoms with Crippen molar-refractivity contribution in [3.8, 4) is 5.75 Å². The lowest BCUT2D eigenvalue weighted by molar-refractivity contribution is 0.297. The van der Waals surface area contributed by atoms with E-state index >= 15 is 0 Å². The molecule has 0 amide bonds. The maximum absolute atomic E-state index is 5.62. The van der Waals surface area contributed by atoms with Crippen molar-refractivity contribution < 1.29 is 4.74 Å². The van der Waals surface area contributed by atoms with Crippen molar-refractivity contribution >= 4 is 21.9 Å². The number of imidazole rings is 1. The van der Waals surface area contributed by atoms with Gasteiger partial charge in [-0.1, -0.05) is 22.0 Å². The molecule has 0 atom stereocenters. The zero-order valence-corrected chi connectivity index (χ0v) is 10.4. The monoisotopic (exact) mass is 281 g/mol. The third-order valence-electron chi connectivity index (χ3n) is 2.30. The minimum atomic E-state index is 0.456. The number of rotatable bonds is 3. The van der Waals surface area contributed by atoms with Crippen LogP contribution in [0.5, 0.6) is 5.75 Å². The molecule has 2 aromatic rings. The Morgan fingerprint density at radius 1 is 1.50 bits per heavy atom. The zero-order valence-electron chi connectivity index (χ0n) is 8.85. The van der Waals surface area contributed by atoms with E-state index in [1.165, 1.54) is 0 Å². The van der Waals surface area contributed by atoms with Gasteiger partial charge in [-0.3, -0.25) is 0 Å². The number of anilines is 1. The summed E-state index contributed by atoms with van der Waals surface area (Å²) >= 11 is 3.39. The predicted molar refractivity (Wildman–Crippen MR) is 66.1 cm³/mol. The molecule has 16 heavy (non-hydrogen) atoms. The van der Waals surface area contributed by atoms with Crippen LogP contribution in [0, 0.1) is 0 Å². The molecule has 84 valence electrons. The summed E-state index contributed by atoms with van der Waals surface area (Å²) in [5.74, 6) is 1.31. The van der Waals surface area contributed by atoms with Crippen molar-refractivity contribution in [2.75, 3.05) is 5.73 Å². The van der Waals surface area contributed by atoms with Gasteiger partial charge in [0.05, 0.1) is 11.9 Å². The molecule has 2 N–H and O–H groups in total. The summed E-state index contributed by atoms with van der Waals surface area (Å²) in [6.45, 7) is 0.456. The molecule has 0 aliphatic heterocycles. The third kappa shape index (κ3) is 2.36. The smallest absolute Gasteiger partial charge is 0.200 e. The number of nitrogen functional groups attached to an aromatic ring is 1. The molecule has 0 unspecified atom stereocenters. The Labute approximate surface area is 102 Å². The van der Waals surface area contributed by atoms with Crippen LogP contribution in [0.1, 0.15) is 5.69 Å². The molecule has 0 fully saturated rings. The average Bonchev–Trinajstić information content (AvgIpc) is 2.57. The third-order valence-corrected chi connectivity index (χ3v) is 2.80. The lowest BCUT2D eigenvalue weighted by Crippen LogP contribution is -2.04. The van der Waals surface area contributed by atoms with Gasteiger partial charge >= 0.3 is 0 Å². The molecule has 0 aliphatic carbocycles. The number of nitrogens with two attached hydrogens (primary N) is 1. The Bertz CT molecular complexity index is 496. The number of benzene rings is 1. The van der Waals surface area contributed by atoms with Gasteiger partial charge in [0, 0.05) is 11.5 Å². The van der Waals surface area contributed by atoms with Crippen LogP contribution < -0.4 is 10.5 Å². The molecular formula is C11H12BrN3O. The van der Waals surface area contributed by atoms with E-state index in [4.69, 9.17) is 10.5 Å². The first-order valence-electron chi connectivity index (χ1n) is 4.81. The summed E-state index contributed by atoms with van der Waals surface area (Å²) in [5, 5.41) is 0. The van der Waals surface area contributed by atoms with Gasteiger partial charge in [0.15, 0.2) is 5.95 Å². The van der Waals surface area contributed by atoms with Crippen molar-refractivity contribution in [3.05, 3.63) is 40.6 Å². The molecule has 0 saturated carbocycles. The van der Waals surface area contributed by atoms with Gasteiger partial charge in [-0.05, 0) is 18.2 Å². The van der Waals surface area contributed by atoms with Gasteiger partial charge in [0.25, 0.3) is 0 Å². The zero-order chi connectivity index (χ0) is 11.5. The number of halogens is 1. The fourth-order valence-electron chi connectivity index (χ4n) is 1.31. The first kappa shape index (κ1) is 11.0. The highest BCUT2D eigenvalue weighted by molar-refractivity contribution is 9.10. The molecule has 1 aromatic heterocycles. The Hall–Kier alpha value is -1.49. The normalized spacial score (nSPS) is 10.4. The van der Waals surface area contributed by atoms with Gasteiger partial charge in [-0.25, -0.2) is 4.98 Å². The summed E-state index contributed by atoms with van der Waals surface area (Å²) in [6, 6.07) is 7.70. The number of hydrogen-bond acceptors (Lipinski definition) is 3. The van der Waals surface area contributed by atoms with E-state index in [0.29, 0.717) is 12.6 Å². The van der Waals surface area contributed by atoms with Gasteiger partial charge < -0.3 is 15.0 Å². The van der Waals surface area contributed by atoms with Crippen LogP contribution in [0.25, 0.3) is 0 Å². The second-order valence-electron chi connectivity index (χ2n) is 3.41. The second kappa shape index (κ2) is 4.57. The molecule has 5 heteroatoms. The molecule has 0 saturated heterocycles. The molecule has 1 aromatic carbocycles. The average molecular weight is 282 g/mol. The van der Waals surface area contributed by atoms with E-state index in [2.05, 4.69) is 20.9 Å². The number of aromatic nitrogens is 2. The Morgan fingerprint density at radius 2 is 2.31 bits per heavy atom. The summed E-state index contributed by atoms with van der Waals surface area (Å²) < 4.78 is 8.42. The highest BCUT2D eigenvalue weighted by Gasteiger charge is 2.03. The van der Waals surface area contributed by atoms with Crippen LogP contribution in [-0.2, 0) is 13.7 Å². The second-order valence-corrected chi connectivity index (χ2v) is 4.33. The van der Waals surface area contributed by atoms with E-state index in [0.717, 1.165) is 15.9 Å². The van der Waals surface area contributed by atoms with Crippen LogP contribution in [-0.4, -0.2) is 9.55 Å². The van der Waals surface area contributed by atoms with E-state index in [1.54, 1.807) is 10.8 Å². The Kier molecular flexibility index (Phi) is 3.14. The minimum absolute atomic E-state index is 0.456. The fourth-order valence-corrected chi connectivity index (χ4v) is 1.69. The van der Waals surface area contributed by atoms with Gasteiger partial charge in [-0.15, -0.1) is 0 Å². The van der Waals surface area contributed by atoms with E-state index in [-0.39, 0.29) is 0 Å². The van der Waals surface area contributed by atoms with Crippen LogP contribution in [0.4, 0.5) is 5.95 Å². The largest absolute Gasteiger partial charge is 0.487 e. The number of nitrogens with zero attached hydrogens (tertiary/aromatic N) is 2. The summed E-state index contributed by atoms with van der Waals surface area (Å²) in [6.07, 6.45) is 1.72. The number of ether oxygens (including phenoxy) is 1. The maximum atomic E-state index is 5.62. The lowest BCUT2D eigenvalue weighted by Gasteiger charge is -2.07. The Balaban J connectivity index is 2.05. The fraction of sp³-hybridized carbons (Fsp3) is 0.182. The topological polar surface area (TPSA) is 53.1 Å². The van der Waals surface area contributed by atoms with Crippen molar-refractivity contribution in [1.29, 1.82) is 0 Å². The van der Waals surface area contributed by atoms with Crippen molar-refractivity contribution in [2.45, 2.75) is 6.61 Å². The highest BCUT2D eigenvalue weighted by atomic mass is 79.9. The molecular weight excluding hydrogens is 270 g/mol. The summed E-state index contributed by atoms with van der Waals surface area (Å²) in [4.78, 5) is 4.00. The van der Waals surface area contributed by atoms with Gasteiger partial charge in [-0.2, -0.15) is 0 Å². The van der Waals surface area contributed by atoms with Crippen molar-refractivity contribution in [3.63, 3.8) is 0 Å². The Morgan fingerprint density at radius 3 is 2.94 bits per heavy atom. The van der Waals surface area contributed by atoms with Gasteiger partial charge in [0.1, 0.15) is 12.4 Å².